The summed E-state index contributed by atoms with van der Waals surface area (Å²) < 4.78 is 4.86. The summed E-state index contributed by atoms with van der Waals surface area (Å²) in [5.41, 5.74) is 9.94. The molecule has 5 rings (SSSR count). The molecule has 1 aromatic heterocycles. The molecule has 0 amide bonds. The molecule has 0 aliphatic carbocycles. The molecule has 3 aliphatic heterocycles. The maximum absolute atomic E-state index is 11.9. The van der Waals surface area contributed by atoms with Gasteiger partial charge in [0.2, 0.25) is 0 Å². The van der Waals surface area contributed by atoms with Crippen LogP contribution in [0.1, 0.15) is 33.9 Å². The zero-order valence-corrected chi connectivity index (χ0v) is 19.6. The Kier molecular flexibility index (Phi) is 6.55. The Morgan fingerprint density at radius 1 is 1.09 bits per heavy atom. The normalized spacial score (nSPS) is 19.6. The van der Waals surface area contributed by atoms with E-state index in [1.807, 2.05) is 18.3 Å². The quantitative estimate of drug-likeness (QED) is 0.624. The predicted molar refractivity (Wildman–Crippen MR) is 133 cm³/mol. The van der Waals surface area contributed by atoms with Crippen molar-refractivity contribution in [1.29, 1.82) is 0 Å². The van der Waals surface area contributed by atoms with Gasteiger partial charge in [0.15, 0.2) is 0 Å². The molecule has 34 heavy (non-hydrogen) atoms. The molecule has 0 unspecified atom stereocenters. The lowest BCUT2D eigenvalue weighted by Crippen LogP contribution is -2.51. The Labute approximate surface area is 199 Å². The van der Waals surface area contributed by atoms with Gasteiger partial charge in [0.25, 0.3) is 0 Å². The third-order valence-electron chi connectivity index (χ3n) is 6.94. The number of carbonyl (C=O) groups excluding carboxylic acids is 1. The Bertz CT molecular complexity index is 1090. The van der Waals surface area contributed by atoms with Crippen LogP contribution in [0, 0.1) is 0 Å². The minimum atomic E-state index is -0.304. The van der Waals surface area contributed by atoms with Gasteiger partial charge in [-0.3, -0.25) is 9.89 Å². The molecule has 0 spiro atoms. The van der Waals surface area contributed by atoms with Gasteiger partial charge in [-0.05, 0) is 37.2 Å². The predicted octanol–water partition coefficient (Wildman–Crippen LogP) is 1.88. The molecule has 0 radical (unpaired) electrons. The number of likely N-dealkylation sites (tertiary alicyclic amines) is 1. The SMILES string of the molecule is COC(=O)c1ccc([C@@H](CN2CCC2)N2CCN(c3ncnc(N)c3C3=CCN=C3)CC2)cc1. The molecular weight excluding hydrogens is 430 g/mol. The fourth-order valence-corrected chi connectivity index (χ4v) is 4.87. The van der Waals surface area contributed by atoms with Crippen LogP contribution in [0.5, 0.6) is 0 Å². The Hall–Kier alpha value is -3.30. The van der Waals surface area contributed by atoms with Crippen molar-refractivity contribution in [1.82, 2.24) is 19.8 Å². The number of carbonyl (C=O) groups is 1. The first-order valence-corrected chi connectivity index (χ1v) is 11.8. The van der Waals surface area contributed by atoms with Crippen LogP contribution in [0.15, 0.2) is 41.7 Å². The summed E-state index contributed by atoms with van der Waals surface area (Å²) in [6.45, 7) is 7.49. The number of esters is 1. The molecule has 178 valence electrons. The number of nitrogens with zero attached hydrogens (tertiary/aromatic N) is 6. The smallest absolute Gasteiger partial charge is 0.337 e. The lowest BCUT2D eigenvalue weighted by Gasteiger charge is -2.43. The van der Waals surface area contributed by atoms with E-state index in [2.05, 4.69) is 47.9 Å². The number of allylic oxidation sites excluding steroid dienone is 1. The summed E-state index contributed by atoms with van der Waals surface area (Å²) in [5, 5.41) is 0. The maximum Gasteiger partial charge on any atom is 0.337 e. The number of rotatable bonds is 7. The third kappa shape index (κ3) is 4.53. The van der Waals surface area contributed by atoms with Crippen molar-refractivity contribution >= 4 is 29.4 Å². The largest absolute Gasteiger partial charge is 0.465 e. The van der Waals surface area contributed by atoms with Crippen LogP contribution in [0.3, 0.4) is 0 Å². The van der Waals surface area contributed by atoms with E-state index in [1.54, 1.807) is 6.33 Å². The standard InChI is InChI=1S/C25H31N7O2/c1-34-25(33)19-5-3-18(4-6-19)21(16-30-9-2-10-30)31-11-13-32(14-12-31)24-22(20-7-8-27-15-20)23(26)28-17-29-24/h3-7,15,17,21H,2,8-14,16H2,1H3,(H2,26,28,29)/t21-/m1/s1. The van der Waals surface area contributed by atoms with Crippen molar-refractivity contribution in [3.05, 3.63) is 53.4 Å². The number of nitrogens with two attached hydrogens (primary N) is 1. The van der Waals surface area contributed by atoms with Gasteiger partial charge in [0.1, 0.15) is 18.0 Å². The topological polar surface area (TPSA) is 100 Å². The first-order chi connectivity index (χ1) is 16.6. The average Bonchev–Trinajstić information content (AvgIpc) is 3.38. The van der Waals surface area contributed by atoms with Gasteiger partial charge in [-0.2, -0.15) is 0 Å². The summed E-state index contributed by atoms with van der Waals surface area (Å²) in [5.74, 6) is 1.07. The lowest BCUT2D eigenvalue weighted by atomic mass is 10.00. The molecule has 1 atom stereocenters. The number of anilines is 2. The van der Waals surface area contributed by atoms with Crippen molar-refractivity contribution in [3.63, 3.8) is 0 Å². The molecular formula is C25H31N7O2. The van der Waals surface area contributed by atoms with Gasteiger partial charge in [0, 0.05) is 50.6 Å². The second-order valence-electron chi connectivity index (χ2n) is 8.92. The molecule has 4 heterocycles. The Morgan fingerprint density at radius 3 is 2.47 bits per heavy atom. The highest BCUT2D eigenvalue weighted by atomic mass is 16.5. The second-order valence-corrected chi connectivity index (χ2v) is 8.92. The summed E-state index contributed by atoms with van der Waals surface area (Å²) >= 11 is 0. The van der Waals surface area contributed by atoms with E-state index in [1.165, 1.54) is 19.1 Å². The van der Waals surface area contributed by atoms with Gasteiger partial charge in [-0.15, -0.1) is 0 Å². The summed E-state index contributed by atoms with van der Waals surface area (Å²) in [4.78, 5) is 32.4. The summed E-state index contributed by atoms with van der Waals surface area (Å²) in [7, 11) is 1.41. The molecule has 1 aromatic carbocycles. The van der Waals surface area contributed by atoms with Crippen molar-refractivity contribution < 1.29 is 9.53 Å². The number of piperazine rings is 1. The number of aromatic nitrogens is 2. The van der Waals surface area contributed by atoms with Crippen LogP contribution in [0.4, 0.5) is 11.6 Å². The average molecular weight is 462 g/mol. The van der Waals surface area contributed by atoms with E-state index in [0.29, 0.717) is 17.9 Å². The minimum Gasteiger partial charge on any atom is -0.465 e. The van der Waals surface area contributed by atoms with Crippen LogP contribution < -0.4 is 10.6 Å². The van der Waals surface area contributed by atoms with Crippen molar-refractivity contribution in [3.8, 4) is 0 Å². The van der Waals surface area contributed by atoms with Crippen LogP contribution in [-0.4, -0.2) is 91.4 Å². The van der Waals surface area contributed by atoms with Gasteiger partial charge in [0.05, 0.1) is 24.8 Å². The first kappa shape index (κ1) is 22.5. The Balaban J connectivity index is 1.33. The van der Waals surface area contributed by atoms with Crippen LogP contribution in [-0.2, 0) is 4.74 Å². The second kappa shape index (κ2) is 9.90. The van der Waals surface area contributed by atoms with Crippen molar-refractivity contribution in [2.24, 2.45) is 4.99 Å². The molecule has 3 aliphatic rings. The summed E-state index contributed by atoms with van der Waals surface area (Å²) in [6.07, 6.45) is 6.73. The monoisotopic (exact) mass is 461 g/mol. The van der Waals surface area contributed by atoms with Crippen LogP contribution in [0.25, 0.3) is 5.57 Å². The van der Waals surface area contributed by atoms with E-state index < -0.39 is 0 Å². The van der Waals surface area contributed by atoms with E-state index >= 15 is 0 Å². The molecule has 9 heteroatoms. The van der Waals surface area contributed by atoms with Gasteiger partial charge in [-0.1, -0.05) is 18.2 Å². The minimum absolute atomic E-state index is 0.272. The molecule has 2 saturated heterocycles. The summed E-state index contributed by atoms with van der Waals surface area (Å²) in [6, 6.07) is 8.14. The van der Waals surface area contributed by atoms with Crippen molar-refractivity contribution in [2.75, 3.05) is 70.1 Å². The Morgan fingerprint density at radius 2 is 1.85 bits per heavy atom. The molecule has 2 N–H and O–H groups in total. The number of aliphatic imine (C=N–C) groups is 1. The number of benzene rings is 1. The highest BCUT2D eigenvalue weighted by Gasteiger charge is 2.30. The number of hydrogen-bond donors (Lipinski definition) is 1. The molecule has 2 fully saturated rings. The van der Waals surface area contributed by atoms with E-state index in [4.69, 9.17) is 10.5 Å². The van der Waals surface area contributed by atoms with Crippen LogP contribution in [0.2, 0.25) is 0 Å². The number of methoxy groups -OCH3 is 1. The van der Waals surface area contributed by atoms with E-state index in [0.717, 1.165) is 62.8 Å². The first-order valence-electron chi connectivity index (χ1n) is 11.8. The third-order valence-corrected chi connectivity index (χ3v) is 6.94. The molecule has 0 bridgehead atoms. The van der Waals surface area contributed by atoms with E-state index in [-0.39, 0.29) is 12.0 Å². The fraction of sp³-hybridized carbons (Fsp3) is 0.440. The number of ether oxygens (including phenoxy) is 1. The van der Waals surface area contributed by atoms with Crippen LogP contribution >= 0.6 is 0 Å². The fourth-order valence-electron chi connectivity index (χ4n) is 4.87. The van der Waals surface area contributed by atoms with Crippen molar-refractivity contribution in [2.45, 2.75) is 12.5 Å². The molecule has 9 nitrogen and oxygen atoms in total. The number of nitrogen functional groups attached to an aromatic ring is 1. The van der Waals surface area contributed by atoms with Gasteiger partial charge in [-0.25, -0.2) is 14.8 Å². The molecule has 2 aromatic rings. The maximum atomic E-state index is 11.9. The zero-order valence-electron chi connectivity index (χ0n) is 19.6. The van der Waals surface area contributed by atoms with Gasteiger partial charge >= 0.3 is 5.97 Å². The highest BCUT2D eigenvalue weighted by molar-refractivity contribution is 6.14. The van der Waals surface area contributed by atoms with Gasteiger partial charge < -0.3 is 20.3 Å². The lowest BCUT2D eigenvalue weighted by molar-refractivity contribution is 0.0600. The van der Waals surface area contributed by atoms with E-state index in [9.17, 15) is 4.79 Å². The zero-order chi connectivity index (χ0) is 23.5. The highest BCUT2D eigenvalue weighted by Crippen LogP contribution is 2.32. The molecule has 0 saturated carbocycles. The number of hydrogen-bond acceptors (Lipinski definition) is 9.